The molecule has 2 fully saturated rings. The van der Waals surface area contributed by atoms with Crippen LogP contribution in [0.4, 0.5) is 13.2 Å². The lowest BCUT2D eigenvalue weighted by atomic mass is 9.69. The van der Waals surface area contributed by atoms with Crippen LogP contribution in [0.15, 0.2) is 12.3 Å². The van der Waals surface area contributed by atoms with Gasteiger partial charge in [-0.25, -0.2) is 0 Å². The van der Waals surface area contributed by atoms with Crippen molar-refractivity contribution in [3.05, 3.63) is 18.0 Å². The molecule has 2 aliphatic rings. The maximum atomic E-state index is 12.5. The largest absolute Gasteiger partial charge is 0.435 e. The molecule has 1 heterocycles. The van der Waals surface area contributed by atoms with Crippen molar-refractivity contribution in [1.29, 1.82) is 0 Å². The Hall–Kier alpha value is -1.53. The molecule has 3 unspecified atom stereocenters. The van der Waals surface area contributed by atoms with E-state index in [1.165, 1.54) is 12.6 Å². The van der Waals surface area contributed by atoms with Gasteiger partial charge in [0.05, 0.1) is 0 Å². The molecule has 1 aromatic heterocycles. The predicted octanol–water partition coefficient (Wildman–Crippen LogP) is 3.23. The van der Waals surface area contributed by atoms with Gasteiger partial charge in [-0.3, -0.25) is 9.48 Å². The number of nitrogens with one attached hydrogen (secondary N) is 1. The Bertz CT molecular complexity index is 622. The number of alkyl halides is 3. The average molecular weight is 329 g/mol. The van der Waals surface area contributed by atoms with E-state index in [1.807, 2.05) is 0 Å². The zero-order valence-corrected chi connectivity index (χ0v) is 13.6. The van der Waals surface area contributed by atoms with E-state index in [2.05, 4.69) is 31.2 Å². The summed E-state index contributed by atoms with van der Waals surface area (Å²) >= 11 is 0. The van der Waals surface area contributed by atoms with Crippen LogP contribution in [-0.4, -0.2) is 21.7 Å². The maximum Gasteiger partial charge on any atom is 0.435 e. The third-order valence-electron chi connectivity index (χ3n) is 6.37. The lowest BCUT2D eigenvalue weighted by Crippen LogP contribution is -2.47. The molecule has 2 saturated carbocycles. The second-order valence-corrected chi connectivity index (χ2v) is 7.63. The van der Waals surface area contributed by atoms with Gasteiger partial charge in [-0.05, 0) is 42.1 Å². The van der Waals surface area contributed by atoms with Crippen molar-refractivity contribution in [3.8, 4) is 0 Å². The molecule has 0 aliphatic heterocycles. The fourth-order valence-electron chi connectivity index (χ4n) is 4.41. The molecule has 4 nitrogen and oxygen atoms in total. The van der Waals surface area contributed by atoms with E-state index < -0.39 is 11.9 Å². The van der Waals surface area contributed by atoms with Crippen molar-refractivity contribution in [2.45, 2.75) is 58.8 Å². The highest BCUT2D eigenvalue weighted by Gasteiger charge is 2.61. The minimum absolute atomic E-state index is 0.0502. The van der Waals surface area contributed by atoms with E-state index in [1.54, 1.807) is 0 Å². The summed E-state index contributed by atoms with van der Waals surface area (Å²) < 4.78 is 38.6. The Morgan fingerprint density at radius 2 is 2.13 bits per heavy atom. The van der Waals surface area contributed by atoms with Crippen LogP contribution in [0.5, 0.6) is 0 Å². The Kier molecular flexibility index (Phi) is 3.54. The molecule has 0 saturated heterocycles. The molecule has 0 aromatic carbocycles. The van der Waals surface area contributed by atoms with Gasteiger partial charge in [-0.1, -0.05) is 20.8 Å². The highest BCUT2D eigenvalue weighted by molar-refractivity contribution is 5.76. The van der Waals surface area contributed by atoms with Crippen LogP contribution in [0.1, 0.15) is 45.7 Å². The summed E-state index contributed by atoms with van der Waals surface area (Å²) in [5, 5.41) is 6.44. The van der Waals surface area contributed by atoms with Gasteiger partial charge in [0, 0.05) is 12.2 Å². The minimum Gasteiger partial charge on any atom is -0.351 e. The molecular weight excluding hydrogens is 307 g/mol. The van der Waals surface area contributed by atoms with Gasteiger partial charge in [-0.2, -0.15) is 18.3 Å². The lowest BCUT2D eigenvalue weighted by molar-refractivity contribution is -0.141. The topological polar surface area (TPSA) is 46.9 Å². The standard InChI is InChI=1S/C16H22F3N3O/c1-14(2)10-4-6-15(14,3)12(8-10)20-13(23)9-22-7-5-11(21-22)16(17,18)19/h5,7,10,12H,4,6,8-9H2,1-3H3,(H,20,23). The molecule has 3 rings (SSSR count). The second kappa shape index (κ2) is 4.98. The van der Waals surface area contributed by atoms with E-state index in [0.717, 1.165) is 23.6 Å². The quantitative estimate of drug-likeness (QED) is 0.925. The van der Waals surface area contributed by atoms with E-state index >= 15 is 0 Å². The van der Waals surface area contributed by atoms with Crippen molar-refractivity contribution in [1.82, 2.24) is 15.1 Å². The zero-order valence-electron chi connectivity index (χ0n) is 13.6. The van der Waals surface area contributed by atoms with Gasteiger partial charge in [-0.15, -0.1) is 0 Å². The monoisotopic (exact) mass is 329 g/mol. The molecule has 1 N–H and O–H groups in total. The molecule has 3 atom stereocenters. The number of hydrogen-bond acceptors (Lipinski definition) is 2. The molecule has 7 heteroatoms. The minimum atomic E-state index is -4.48. The predicted molar refractivity (Wildman–Crippen MR) is 78.4 cm³/mol. The van der Waals surface area contributed by atoms with E-state index in [-0.39, 0.29) is 29.3 Å². The van der Waals surface area contributed by atoms with Gasteiger partial charge in [0.2, 0.25) is 5.91 Å². The summed E-state index contributed by atoms with van der Waals surface area (Å²) in [6.07, 6.45) is -0.0829. The van der Waals surface area contributed by atoms with E-state index in [4.69, 9.17) is 0 Å². The summed E-state index contributed by atoms with van der Waals surface area (Å²) in [6.45, 7) is 6.52. The van der Waals surface area contributed by atoms with Gasteiger partial charge >= 0.3 is 6.18 Å². The molecule has 2 aliphatic carbocycles. The van der Waals surface area contributed by atoms with Crippen molar-refractivity contribution < 1.29 is 18.0 Å². The summed E-state index contributed by atoms with van der Waals surface area (Å²) in [7, 11) is 0. The number of nitrogens with zero attached hydrogens (tertiary/aromatic N) is 2. The van der Waals surface area contributed by atoms with Crippen LogP contribution in [0.3, 0.4) is 0 Å². The van der Waals surface area contributed by atoms with Crippen LogP contribution in [-0.2, 0) is 17.5 Å². The second-order valence-electron chi connectivity index (χ2n) is 7.63. The van der Waals surface area contributed by atoms with E-state index in [9.17, 15) is 18.0 Å². The van der Waals surface area contributed by atoms with Gasteiger partial charge in [0.15, 0.2) is 5.69 Å². The SMILES string of the molecule is CC1(C)C2CCC1(C)C(NC(=O)Cn1ccc(C(F)(F)F)n1)C2. The molecule has 23 heavy (non-hydrogen) atoms. The van der Waals surface area contributed by atoms with Gasteiger partial charge in [0.25, 0.3) is 0 Å². The normalized spacial score (nSPS) is 32.3. The first-order valence-electron chi connectivity index (χ1n) is 7.94. The highest BCUT2D eigenvalue weighted by Crippen LogP contribution is 2.65. The van der Waals surface area contributed by atoms with Crippen LogP contribution in [0, 0.1) is 16.7 Å². The lowest BCUT2D eigenvalue weighted by Gasteiger charge is -2.39. The van der Waals surface area contributed by atoms with Crippen molar-refractivity contribution in [2.24, 2.45) is 16.7 Å². The Morgan fingerprint density at radius 1 is 1.43 bits per heavy atom. The fraction of sp³-hybridized carbons (Fsp3) is 0.750. The first-order valence-corrected chi connectivity index (χ1v) is 7.94. The number of rotatable bonds is 3. The van der Waals surface area contributed by atoms with E-state index in [0.29, 0.717) is 5.92 Å². The highest BCUT2D eigenvalue weighted by atomic mass is 19.4. The number of aromatic nitrogens is 2. The Labute approximate surface area is 133 Å². The van der Waals surface area contributed by atoms with Crippen LogP contribution < -0.4 is 5.32 Å². The number of fused-ring (bicyclic) bond motifs is 2. The smallest absolute Gasteiger partial charge is 0.351 e. The molecule has 1 aromatic rings. The molecule has 1 amide bonds. The van der Waals surface area contributed by atoms with Gasteiger partial charge < -0.3 is 5.32 Å². The average Bonchev–Trinajstić information content (AvgIpc) is 3.01. The third kappa shape index (κ3) is 2.54. The van der Waals surface area contributed by atoms with Crippen molar-refractivity contribution in [3.63, 3.8) is 0 Å². The van der Waals surface area contributed by atoms with Crippen molar-refractivity contribution in [2.75, 3.05) is 0 Å². The number of halogens is 3. The Morgan fingerprint density at radius 3 is 2.61 bits per heavy atom. The van der Waals surface area contributed by atoms with Crippen LogP contribution in [0.25, 0.3) is 0 Å². The third-order valence-corrected chi connectivity index (χ3v) is 6.37. The summed E-state index contributed by atoms with van der Waals surface area (Å²) in [4.78, 5) is 12.2. The maximum absolute atomic E-state index is 12.5. The summed E-state index contributed by atoms with van der Waals surface area (Å²) in [6, 6.07) is 0.969. The van der Waals surface area contributed by atoms with Crippen LogP contribution in [0.2, 0.25) is 0 Å². The van der Waals surface area contributed by atoms with Gasteiger partial charge in [0.1, 0.15) is 6.54 Å². The number of carbonyl (C=O) groups excluding carboxylic acids is 1. The number of amides is 1. The molecular formula is C16H22F3N3O. The van der Waals surface area contributed by atoms with Crippen LogP contribution >= 0.6 is 0 Å². The molecule has 128 valence electrons. The summed E-state index contributed by atoms with van der Waals surface area (Å²) in [5.41, 5.74) is -0.743. The molecule has 0 radical (unpaired) electrons. The molecule has 2 bridgehead atoms. The first-order chi connectivity index (χ1) is 10.5. The fourth-order valence-corrected chi connectivity index (χ4v) is 4.41. The zero-order chi connectivity index (χ0) is 17.0. The van der Waals surface area contributed by atoms with Crippen molar-refractivity contribution >= 4 is 5.91 Å². The first kappa shape index (κ1) is 16.3. The molecule has 0 spiro atoms. The summed E-state index contributed by atoms with van der Waals surface area (Å²) in [5.74, 6) is 0.315. The number of carbonyl (C=O) groups is 1. The Balaban J connectivity index is 1.64. The number of hydrogen-bond donors (Lipinski definition) is 1.